The molecule has 4 nitrogen and oxygen atoms in total. The number of nitrogen functional groups attached to an aromatic ring is 1. The molecule has 0 spiro atoms. The third-order valence-electron chi connectivity index (χ3n) is 2.32. The maximum absolute atomic E-state index is 5.99. The first-order valence-electron chi connectivity index (χ1n) is 5.30. The molecule has 0 aliphatic heterocycles. The second kappa shape index (κ2) is 6.30. The van der Waals surface area contributed by atoms with Crippen LogP contribution >= 0.6 is 34.8 Å². The van der Waals surface area contributed by atoms with Crippen LogP contribution in [0.15, 0.2) is 30.3 Å². The second-order valence-corrected chi connectivity index (χ2v) is 4.92. The lowest BCUT2D eigenvalue weighted by molar-refractivity contribution is 0.294. The number of rotatable bonds is 4. The number of anilines is 1. The van der Waals surface area contributed by atoms with Gasteiger partial charge in [-0.3, -0.25) is 0 Å². The van der Waals surface area contributed by atoms with Gasteiger partial charge in [-0.15, -0.1) is 0 Å². The monoisotopic (exact) mass is 317 g/mol. The van der Waals surface area contributed by atoms with Crippen LogP contribution < -0.4 is 16.0 Å². The molecule has 0 fully saturated rings. The minimum atomic E-state index is 0.258. The number of pyridine rings is 1. The first-order chi connectivity index (χ1) is 9.10. The Bertz CT molecular complexity index is 575. The molecule has 0 saturated carbocycles. The van der Waals surface area contributed by atoms with Crippen LogP contribution in [0.1, 0.15) is 5.56 Å². The molecule has 0 atom stereocenters. The normalized spacial score (nSPS) is 10.3. The highest BCUT2D eigenvalue weighted by Gasteiger charge is 2.10. The maximum Gasteiger partial charge on any atom is 0.235 e. The molecule has 0 aliphatic rings. The van der Waals surface area contributed by atoms with E-state index in [1.54, 1.807) is 12.1 Å². The average molecular weight is 319 g/mol. The first-order valence-corrected chi connectivity index (χ1v) is 6.43. The number of nitrogens with two attached hydrogens (primary N) is 1. The second-order valence-electron chi connectivity index (χ2n) is 3.67. The number of nitrogens with one attached hydrogen (secondary N) is 1. The predicted molar refractivity (Wildman–Crippen MR) is 77.9 cm³/mol. The lowest BCUT2D eigenvalue weighted by atomic mass is 10.2. The van der Waals surface area contributed by atoms with Crippen LogP contribution in [0.25, 0.3) is 0 Å². The molecule has 0 unspecified atom stereocenters. The van der Waals surface area contributed by atoms with Crippen LogP contribution in [0.4, 0.5) is 5.82 Å². The number of halogens is 3. The Labute approximate surface area is 125 Å². The van der Waals surface area contributed by atoms with Crippen molar-refractivity contribution in [3.63, 3.8) is 0 Å². The van der Waals surface area contributed by atoms with Crippen molar-refractivity contribution in [1.29, 1.82) is 0 Å². The van der Waals surface area contributed by atoms with E-state index in [0.29, 0.717) is 27.5 Å². The third kappa shape index (κ3) is 3.64. The first kappa shape index (κ1) is 14.2. The van der Waals surface area contributed by atoms with Crippen molar-refractivity contribution in [3.05, 3.63) is 51.0 Å². The summed E-state index contributed by atoms with van der Waals surface area (Å²) in [7, 11) is 0. The molecule has 100 valence electrons. The van der Waals surface area contributed by atoms with E-state index in [4.69, 9.17) is 45.4 Å². The molecular weight excluding hydrogens is 309 g/mol. The van der Waals surface area contributed by atoms with Crippen LogP contribution in [0.2, 0.25) is 15.1 Å². The minimum Gasteiger partial charge on any atom is -0.472 e. The van der Waals surface area contributed by atoms with Gasteiger partial charge >= 0.3 is 0 Å². The number of benzene rings is 1. The highest BCUT2D eigenvalue weighted by atomic mass is 35.5. The molecule has 19 heavy (non-hydrogen) atoms. The lowest BCUT2D eigenvalue weighted by Gasteiger charge is -2.10. The van der Waals surface area contributed by atoms with E-state index in [9.17, 15) is 0 Å². The maximum atomic E-state index is 5.99. The van der Waals surface area contributed by atoms with Crippen LogP contribution in [-0.2, 0) is 6.61 Å². The van der Waals surface area contributed by atoms with Crippen molar-refractivity contribution in [3.8, 4) is 5.88 Å². The summed E-state index contributed by atoms with van der Waals surface area (Å²) in [6.07, 6.45) is 0. The van der Waals surface area contributed by atoms with Gasteiger partial charge in [-0.25, -0.2) is 5.84 Å². The summed E-state index contributed by atoms with van der Waals surface area (Å²) in [5.41, 5.74) is 3.31. The molecule has 0 saturated heterocycles. The molecule has 1 heterocycles. The van der Waals surface area contributed by atoms with Crippen LogP contribution in [-0.4, -0.2) is 4.98 Å². The fraction of sp³-hybridized carbons (Fsp3) is 0.0833. The Balaban J connectivity index is 2.13. The summed E-state index contributed by atoms with van der Waals surface area (Å²) in [6, 6.07) is 8.79. The van der Waals surface area contributed by atoms with Gasteiger partial charge in [0.2, 0.25) is 5.88 Å². The molecule has 1 aromatic heterocycles. The standard InChI is InChI=1S/C12H10Cl3N3O/c13-8-3-1-7(2-4-8)6-19-12-10(15)5-9(14)11(17-12)18-16/h1-5H,6,16H2,(H,17,18). The number of ether oxygens (including phenoxy) is 1. The van der Waals surface area contributed by atoms with Crippen molar-refractivity contribution in [2.45, 2.75) is 6.61 Å². The molecule has 0 radical (unpaired) electrons. The zero-order valence-electron chi connectivity index (χ0n) is 9.66. The van der Waals surface area contributed by atoms with Crippen LogP contribution in [0.3, 0.4) is 0 Å². The highest BCUT2D eigenvalue weighted by molar-refractivity contribution is 6.36. The fourth-order valence-electron chi connectivity index (χ4n) is 1.38. The van der Waals surface area contributed by atoms with E-state index in [1.165, 1.54) is 6.07 Å². The van der Waals surface area contributed by atoms with Gasteiger partial charge in [-0.1, -0.05) is 46.9 Å². The summed E-state index contributed by atoms with van der Waals surface area (Å²) in [6.45, 7) is 0.315. The molecule has 0 aliphatic carbocycles. The van der Waals surface area contributed by atoms with E-state index < -0.39 is 0 Å². The summed E-state index contributed by atoms with van der Waals surface area (Å²) in [4.78, 5) is 4.07. The van der Waals surface area contributed by atoms with Crippen molar-refractivity contribution >= 4 is 40.6 Å². The van der Waals surface area contributed by atoms with Gasteiger partial charge in [0.05, 0.1) is 5.02 Å². The quantitative estimate of drug-likeness (QED) is 0.663. The zero-order valence-corrected chi connectivity index (χ0v) is 11.9. The Kier molecular flexibility index (Phi) is 4.71. The topological polar surface area (TPSA) is 60.2 Å². The Morgan fingerprint density at radius 2 is 1.79 bits per heavy atom. The van der Waals surface area contributed by atoms with Gasteiger partial charge < -0.3 is 10.2 Å². The Morgan fingerprint density at radius 3 is 2.42 bits per heavy atom. The molecule has 2 aromatic rings. The van der Waals surface area contributed by atoms with E-state index in [2.05, 4.69) is 10.4 Å². The molecule has 0 bridgehead atoms. The molecule has 0 amide bonds. The van der Waals surface area contributed by atoms with E-state index in [-0.39, 0.29) is 5.88 Å². The van der Waals surface area contributed by atoms with Gasteiger partial charge in [0.1, 0.15) is 11.6 Å². The SMILES string of the molecule is NNc1nc(OCc2ccc(Cl)cc2)c(Cl)cc1Cl. The van der Waals surface area contributed by atoms with Gasteiger partial charge in [-0.05, 0) is 23.8 Å². The molecular formula is C12H10Cl3N3O. The number of hydrazine groups is 1. The van der Waals surface area contributed by atoms with Crippen molar-refractivity contribution in [2.24, 2.45) is 5.84 Å². The highest BCUT2D eigenvalue weighted by Crippen LogP contribution is 2.30. The molecule has 3 N–H and O–H groups in total. The van der Waals surface area contributed by atoms with Gasteiger partial charge in [0, 0.05) is 5.02 Å². The van der Waals surface area contributed by atoms with E-state index in [1.807, 2.05) is 12.1 Å². The van der Waals surface area contributed by atoms with E-state index in [0.717, 1.165) is 5.56 Å². The number of hydrogen-bond donors (Lipinski definition) is 2. The average Bonchev–Trinajstić information content (AvgIpc) is 2.40. The smallest absolute Gasteiger partial charge is 0.235 e. The Hall–Kier alpha value is -1.20. The molecule has 2 rings (SSSR count). The van der Waals surface area contributed by atoms with Crippen LogP contribution in [0, 0.1) is 0 Å². The largest absolute Gasteiger partial charge is 0.472 e. The lowest BCUT2D eigenvalue weighted by Crippen LogP contribution is -2.10. The van der Waals surface area contributed by atoms with Crippen molar-refractivity contribution in [2.75, 3.05) is 5.43 Å². The number of nitrogens with zero attached hydrogens (tertiary/aromatic N) is 1. The zero-order chi connectivity index (χ0) is 13.8. The van der Waals surface area contributed by atoms with Crippen molar-refractivity contribution in [1.82, 2.24) is 4.98 Å². The van der Waals surface area contributed by atoms with Gasteiger partial charge in [0.15, 0.2) is 5.82 Å². The Morgan fingerprint density at radius 1 is 1.11 bits per heavy atom. The summed E-state index contributed by atoms with van der Waals surface area (Å²) >= 11 is 17.7. The van der Waals surface area contributed by atoms with Gasteiger partial charge in [0.25, 0.3) is 0 Å². The number of hydrogen-bond acceptors (Lipinski definition) is 4. The minimum absolute atomic E-state index is 0.258. The third-order valence-corrected chi connectivity index (χ3v) is 3.13. The van der Waals surface area contributed by atoms with E-state index >= 15 is 0 Å². The summed E-state index contributed by atoms with van der Waals surface area (Å²) in [5.74, 6) is 5.84. The fourth-order valence-corrected chi connectivity index (χ4v) is 1.98. The molecule has 1 aromatic carbocycles. The van der Waals surface area contributed by atoms with Crippen molar-refractivity contribution < 1.29 is 4.74 Å². The predicted octanol–water partition coefficient (Wildman–Crippen LogP) is 3.91. The van der Waals surface area contributed by atoms with Crippen LogP contribution in [0.5, 0.6) is 5.88 Å². The molecule has 7 heteroatoms. The van der Waals surface area contributed by atoms with Gasteiger partial charge in [-0.2, -0.15) is 4.98 Å². The summed E-state index contributed by atoms with van der Waals surface area (Å²) in [5, 5.41) is 1.31. The summed E-state index contributed by atoms with van der Waals surface area (Å²) < 4.78 is 5.52. The number of aromatic nitrogens is 1.